The van der Waals surface area contributed by atoms with Crippen LogP contribution in [0.5, 0.6) is 0 Å². The Morgan fingerprint density at radius 1 is 0.409 bits per heavy atom. The normalized spacial score (nSPS) is 13.1. The quantitative estimate of drug-likeness (QED) is 0.173. The lowest BCUT2D eigenvalue weighted by atomic mass is 9.82. The van der Waals surface area contributed by atoms with E-state index in [2.05, 4.69) is 182 Å². The molecule has 310 valence electrons. The van der Waals surface area contributed by atoms with Gasteiger partial charge in [-0.15, -0.1) is 11.3 Å². The number of rotatable bonds is 5. The van der Waals surface area contributed by atoms with Crippen molar-refractivity contribution in [1.82, 2.24) is 19.5 Å². The zero-order valence-corrected chi connectivity index (χ0v) is 36.9. The molecule has 1 aliphatic carbocycles. The lowest BCUT2D eigenvalue weighted by molar-refractivity contribution is 0.661. The Hall–Kier alpha value is -8.19. The first-order valence-electron chi connectivity index (χ1n) is 22.4. The number of hydrogen-bond donors (Lipinski definition) is 0. The Morgan fingerprint density at radius 3 is 1.94 bits per heavy atom. The van der Waals surface area contributed by atoms with Crippen molar-refractivity contribution in [2.75, 3.05) is 0 Å². The SMILES string of the molecule is CC1(C)c2ccccc2-c2cc3c(cc21)c1cc(-c2ccc4oc5cccc(-c6nc(-c7ccccc7)nc(-c7ccc8c(c7)sc7ccccc78)n6)c5c4c2)ccc1n3-c1ccccc1. The highest BCUT2D eigenvalue weighted by molar-refractivity contribution is 7.25. The molecule has 0 saturated heterocycles. The number of thiophene rings is 1. The van der Waals surface area contributed by atoms with Crippen LogP contribution in [0.25, 0.3) is 126 Å². The van der Waals surface area contributed by atoms with Gasteiger partial charge in [-0.05, 0) is 100 Å². The zero-order chi connectivity index (χ0) is 43.7. The van der Waals surface area contributed by atoms with Gasteiger partial charge in [0, 0.05) is 69.5 Å². The van der Waals surface area contributed by atoms with E-state index >= 15 is 0 Å². The van der Waals surface area contributed by atoms with E-state index in [0.717, 1.165) is 55.4 Å². The Labute approximate surface area is 383 Å². The number of hydrogen-bond acceptors (Lipinski definition) is 5. The fourth-order valence-electron chi connectivity index (χ4n) is 10.6. The Kier molecular flexibility index (Phi) is 7.84. The van der Waals surface area contributed by atoms with Crippen LogP contribution in [0.1, 0.15) is 25.0 Å². The van der Waals surface area contributed by atoms with Crippen LogP contribution in [0.2, 0.25) is 0 Å². The highest BCUT2D eigenvalue weighted by Crippen LogP contribution is 2.51. The molecule has 4 heterocycles. The zero-order valence-electron chi connectivity index (χ0n) is 36.1. The highest BCUT2D eigenvalue weighted by atomic mass is 32.1. The molecular weight excluding hydrogens is 825 g/mol. The second-order valence-corrected chi connectivity index (χ2v) is 19.0. The average molecular weight is 863 g/mol. The van der Waals surface area contributed by atoms with E-state index in [1.165, 1.54) is 64.2 Å². The van der Waals surface area contributed by atoms with Gasteiger partial charge < -0.3 is 8.98 Å². The van der Waals surface area contributed by atoms with Crippen LogP contribution in [-0.2, 0) is 5.41 Å². The molecule has 13 aromatic rings. The van der Waals surface area contributed by atoms with E-state index in [1.54, 1.807) is 11.3 Å². The molecule has 14 rings (SSSR count). The van der Waals surface area contributed by atoms with Gasteiger partial charge in [0.05, 0.1) is 11.0 Å². The van der Waals surface area contributed by atoms with Crippen LogP contribution < -0.4 is 0 Å². The van der Waals surface area contributed by atoms with Crippen molar-refractivity contribution in [3.63, 3.8) is 0 Å². The van der Waals surface area contributed by atoms with Gasteiger partial charge in [-0.1, -0.05) is 141 Å². The van der Waals surface area contributed by atoms with Gasteiger partial charge in [0.1, 0.15) is 11.2 Å². The maximum Gasteiger partial charge on any atom is 0.164 e. The summed E-state index contributed by atoms with van der Waals surface area (Å²) in [6.07, 6.45) is 0. The van der Waals surface area contributed by atoms with Crippen molar-refractivity contribution < 1.29 is 4.42 Å². The van der Waals surface area contributed by atoms with Crippen molar-refractivity contribution in [3.05, 3.63) is 205 Å². The minimum absolute atomic E-state index is 0.113. The number of aromatic nitrogens is 4. The number of furan rings is 1. The number of para-hydroxylation sites is 1. The summed E-state index contributed by atoms with van der Waals surface area (Å²) in [5.74, 6) is 1.85. The topological polar surface area (TPSA) is 56.7 Å². The van der Waals surface area contributed by atoms with Crippen LogP contribution >= 0.6 is 11.3 Å². The summed E-state index contributed by atoms with van der Waals surface area (Å²) in [5.41, 5.74) is 15.4. The first-order chi connectivity index (χ1) is 32.4. The monoisotopic (exact) mass is 862 g/mol. The van der Waals surface area contributed by atoms with Crippen molar-refractivity contribution in [2.24, 2.45) is 0 Å². The second kappa shape index (κ2) is 13.9. The third-order valence-corrected chi connectivity index (χ3v) is 15.0. The molecule has 0 atom stereocenters. The van der Waals surface area contributed by atoms with Gasteiger partial charge in [-0.25, -0.2) is 15.0 Å². The fraction of sp³-hybridized carbons (Fsp3) is 0.0500. The summed E-state index contributed by atoms with van der Waals surface area (Å²) in [6, 6.07) is 69.5. The molecule has 4 aromatic heterocycles. The maximum atomic E-state index is 6.61. The highest BCUT2D eigenvalue weighted by Gasteiger charge is 2.36. The summed E-state index contributed by atoms with van der Waals surface area (Å²) >= 11 is 1.79. The molecule has 0 bridgehead atoms. The van der Waals surface area contributed by atoms with Crippen LogP contribution in [0.3, 0.4) is 0 Å². The largest absolute Gasteiger partial charge is 0.456 e. The van der Waals surface area contributed by atoms with Gasteiger partial charge in [-0.3, -0.25) is 0 Å². The number of benzene rings is 9. The predicted octanol–water partition coefficient (Wildman–Crippen LogP) is 16.2. The molecule has 5 nitrogen and oxygen atoms in total. The van der Waals surface area contributed by atoms with Gasteiger partial charge in [0.15, 0.2) is 17.5 Å². The molecule has 0 amide bonds. The smallest absolute Gasteiger partial charge is 0.164 e. The van der Waals surface area contributed by atoms with Gasteiger partial charge in [-0.2, -0.15) is 0 Å². The fourth-order valence-corrected chi connectivity index (χ4v) is 11.8. The summed E-state index contributed by atoms with van der Waals surface area (Å²) in [6.45, 7) is 4.71. The number of nitrogens with zero attached hydrogens (tertiary/aromatic N) is 4. The van der Waals surface area contributed by atoms with Gasteiger partial charge in [0.2, 0.25) is 0 Å². The van der Waals surface area contributed by atoms with Crippen LogP contribution in [0, 0.1) is 0 Å². The molecule has 0 unspecified atom stereocenters. The molecule has 9 aromatic carbocycles. The summed E-state index contributed by atoms with van der Waals surface area (Å²) in [7, 11) is 0. The van der Waals surface area contributed by atoms with Crippen LogP contribution in [0.4, 0.5) is 0 Å². The van der Waals surface area contributed by atoms with E-state index in [9.17, 15) is 0 Å². The van der Waals surface area contributed by atoms with E-state index in [4.69, 9.17) is 19.4 Å². The molecule has 0 fully saturated rings. The lowest BCUT2D eigenvalue weighted by Gasteiger charge is -2.21. The van der Waals surface area contributed by atoms with Gasteiger partial charge in [0.25, 0.3) is 0 Å². The Morgan fingerprint density at radius 2 is 1.08 bits per heavy atom. The standard InChI is InChI=1S/C60H38N4OS/c1-60(2)48-21-11-9-18-40(48)44-34-51-46(33-49(44)60)45-30-36(25-28-50(45)64(51)39-16-7-4-8-17-39)37-26-29-52-47(31-37)56-43(20-13-22-53(56)65-52)59-62-57(35-14-5-3-6-15-35)61-58(63-59)38-24-27-42-41-19-10-12-23-54(41)66-55(42)32-38/h3-34H,1-2H3. The van der Waals surface area contributed by atoms with Crippen molar-refractivity contribution in [2.45, 2.75) is 19.3 Å². The van der Waals surface area contributed by atoms with Crippen molar-refractivity contribution in [1.29, 1.82) is 0 Å². The Bertz CT molecular complexity index is 4140. The van der Waals surface area contributed by atoms with Crippen LogP contribution in [0.15, 0.2) is 199 Å². The third kappa shape index (κ3) is 5.49. The summed E-state index contributed by atoms with van der Waals surface area (Å²) in [5, 5.41) is 6.96. The molecule has 0 spiro atoms. The third-order valence-electron chi connectivity index (χ3n) is 13.9. The Balaban J connectivity index is 0.948. The lowest BCUT2D eigenvalue weighted by Crippen LogP contribution is -2.14. The van der Waals surface area contributed by atoms with Crippen LogP contribution in [-0.4, -0.2) is 19.5 Å². The molecule has 66 heavy (non-hydrogen) atoms. The molecule has 0 saturated carbocycles. The molecular formula is C60H38N4OS. The first-order valence-corrected chi connectivity index (χ1v) is 23.2. The minimum atomic E-state index is -0.113. The molecule has 1 aliphatic rings. The van der Waals surface area contributed by atoms with Gasteiger partial charge >= 0.3 is 0 Å². The molecule has 0 radical (unpaired) electrons. The van der Waals surface area contributed by atoms with E-state index in [1.807, 2.05) is 30.3 Å². The molecule has 0 N–H and O–H groups in total. The minimum Gasteiger partial charge on any atom is -0.456 e. The summed E-state index contributed by atoms with van der Waals surface area (Å²) < 4.78 is 11.5. The van der Waals surface area contributed by atoms with E-state index < -0.39 is 0 Å². The average Bonchev–Trinajstić information content (AvgIpc) is 4.09. The second-order valence-electron chi connectivity index (χ2n) is 18.0. The van der Waals surface area contributed by atoms with Crippen molar-refractivity contribution >= 4 is 75.3 Å². The predicted molar refractivity (Wildman–Crippen MR) is 274 cm³/mol. The molecule has 0 aliphatic heterocycles. The maximum absolute atomic E-state index is 6.61. The molecule has 6 heteroatoms. The van der Waals surface area contributed by atoms with E-state index in [-0.39, 0.29) is 5.41 Å². The first kappa shape index (κ1) is 37.2. The van der Waals surface area contributed by atoms with Crippen molar-refractivity contribution in [3.8, 4) is 62.1 Å². The van der Waals surface area contributed by atoms with E-state index in [0.29, 0.717) is 17.5 Å². The number of fused-ring (bicyclic) bond motifs is 12. The summed E-state index contributed by atoms with van der Waals surface area (Å²) in [4.78, 5) is 15.5.